The molecule has 0 radical (unpaired) electrons. The van der Waals surface area contributed by atoms with E-state index < -0.39 is 0 Å². The maximum absolute atomic E-state index is 13.2. The van der Waals surface area contributed by atoms with E-state index in [4.69, 9.17) is 4.74 Å². The highest BCUT2D eigenvalue weighted by Crippen LogP contribution is 2.19. The normalized spacial score (nSPS) is 12.1. The average molecular weight is 349 g/mol. The molecule has 1 aromatic heterocycles. The monoisotopic (exact) mass is 349 g/mol. The van der Waals surface area contributed by atoms with E-state index in [9.17, 15) is 4.39 Å². The van der Waals surface area contributed by atoms with Crippen LogP contribution in [0.15, 0.2) is 29.4 Å². The Balaban J connectivity index is 1.73. The molecule has 25 heavy (non-hydrogen) atoms. The zero-order valence-electron chi connectivity index (χ0n) is 15.2. The van der Waals surface area contributed by atoms with Crippen LogP contribution in [0.5, 0.6) is 0 Å². The largest absolute Gasteiger partial charge is 0.383 e. The highest BCUT2D eigenvalue weighted by atomic mass is 19.1. The lowest BCUT2D eigenvalue weighted by molar-refractivity contribution is 0.162. The summed E-state index contributed by atoms with van der Waals surface area (Å²) in [5.41, 5.74) is 1.99. The first-order valence-electron chi connectivity index (χ1n) is 8.51. The van der Waals surface area contributed by atoms with Gasteiger partial charge in [-0.2, -0.15) is 0 Å². The number of hydrogen-bond donors (Lipinski definition) is 3. The molecule has 1 heterocycles. The van der Waals surface area contributed by atoms with Crippen molar-refractivity contribution in [2.45, 2.75) is 6.42 Å². The number of H-pyrrole nitrogens is 1. The summed E-state index contributed by atoms with van der Waals surface area (Å²) in [4.78, 5) is 9.55. The van der Waals surface area contributed by atoms with E-state index in [0.29, 0.717) is 0 Å². The Hall–Kier alpha value is -2.12. The van der Waals surface area contributed by atoms with Crippen molar-refractivity contribution in [2.24, 2.45) is 4.99 Å². The Morgan fingerprint density at radius 2 is 2.08 bits per heavy atom. The number of halogens is 1. The van der Waals surface area contributed by atoms with Crippen molar-refractivity contribution in [1.29, 1.82) is 0 Å². The van der Waals surface area contributed by atoms with Gasteiger partial charge in [-0.1, -0.05) is 0 Å². The number of methoxy groups -OCH3 is 1. The molecule has 0 aliphatic carbocycles. The first-order chi connectivity index (χ1) is 12.1. The summed E-state index contributed by atoms with van der Waals surface area (Å²) in [5, 5.41) is 7.67. The number of aromatic amines is 1. The first-order valence-corrected chi connectivity index (χ1v) is 8.51. The van der Waals surface area contributed by atoms with Crippen LogP contribution in [-0.4, -0.2) is 69.8 Å². The summed E-state index contributed by atoms with van der Waals surface area (Å²) in [6, 6.07) is 4.83. The van der Waals surface area contributed by atoms with Crippen LogP contribution in [0.2, 0.25) is 0 Å². The molecule has 2 aromatic rings. The molecular formula is C18H28FN5O. The van der Waals surface area contributed by atoms with Crippen LogP contribution < -0.4 is 10.6 Å². The minimum Gasteiger partial charge on any atom is -0.383 e. The standard InChI is InChI=1S/C18H28FN5O/c1-20-18(22-8-9-24(2)10-11-25-3)21-7-6-14-13-23-17-12-15(19)4-5-16(14)17/h4-5,12-13,23H,6-11H2,1-3H3,(H2,20,21,22). The summed E-state index contributed by atoms with van der Waals surface area (Å²) in [6.07, 6.45) is 2.77. The molecule has 0 saturated heterocycles. The van der Waals surface area contributed by atoms with E-state index >= 15 is 0 Å². The van der Waals surface area contributed by atoms with Gasteiger partial charge in [0, 0.05) is 57.4 Å². The highest BCUT2D eigenvalue weighted by molar-refractivity contribution is 5.83. The van der Waals surface area contributed by atoms with Gasteiger partial charge < -0.3 is 25.3 Å². The average Bonchev–Trinajstić information content (AvgIpc) is 3.00. The van der Waals surface area contributed by atoms with Gasteiger partial charge in [0.25, 0.3) is 0 Å². The molecule has 0 aliphatic rings. The second-order valence-corrected chi connectivity index (χ2v) is 5.98. The van der Waals surface area contributed by atoms with Gasteiger partial charge in [-0.15, -0.1) is 0 Å². The summed E-state index contributed by atoms with van der Waals surface area (Å²) in [7, 11) is 5.54. The van der Waals surface area contributed by atoms with Gasteiger partial charge in [0.2, 0.25) is 0 Å². The fourth-order valence-corrected chi connectivity index (χ4v) is 2.63. The number of aliphatic imine (C=N–C) groups is 1. The number of ether oxygens (including phenoxy) is 1. The predicted molar refractivity (Wildman–Crippen MR) is 101 cm³/mol. The summed E-state index contributed by atoms with van der Waals surface area (Å²) < 4.78 is 18.3. The third-order valence-electron chi connectivity index (χ3n) is 4.10. The van der Waals surface area contributed by atoms with Gasteiger partial charge in [-0.05, 0) is 37.2 Å². The number of aromatic nitrogens is 1. The number of hydrogen-bond acceptors (Lipinski definition) is 3. The molecule has 0 fully saturated rings. The minimum atomic E-state index is -0.223. The number of likely N-dealkylation sites (N-methyl/N-ethyl adjacent to an activating group) is 1. The van der Waals surface area contributed by atoms with Crippen LogP contribution in [0.1, 0.15) is 5.56 Å². The highest BCUT2D eigenvalue weighted by Gasteiger charge is 2.05. The van der Waals surface area contributed by atoms with Crippen molar-refractivity contribution in [3.63, 3.8) is 0 Å². The van der Waals surface area contributed by atoms with Crippen molar-refractivity contribution in [1.82, 2.24) is 20.5 Å². The lowest BCUT2D eigenvalue weighted by atomic mass is 10.1. The van der Waals surface area contributed by atoms with E-state index in [0.717, 1.165) is 61.6 Å². The van der Waals surface area contributed by atoms with Crippen LogP contribution in [0.25, 0.3) is 10.9 Å². The lowest BCUT2D eigenvalue weighted by Gasteiger charge is -2.17. The molecule has 0 saturated carbocycles. The number of nitrogens with zero attached hydrogens (tertiary/aromatic N) is 2. The van der Waals surface area contributed by atoms with Crippen LogP contribution in [-0.2, 0) is 11.2 Å². The predicted octanol–water partition coefficient (Wildman–Crippen LogP) is 1.59. The van der Waals surface area contributed by atoms with Gasteiger partial charge >= 0.3 is 0 Å². The maximum Gasteiger partial charge on any atom is 0.191 e. The van der Waals surface area contributed by atoms with Crippen LogP contribution >= 0.6 is 0 Å². The Bertz CT molecular complexity index is 685. The Kier molecular flexibility index (Phi) is 7.69. The molecule has 0 spiro atoms. The zero-order chi connectivity index (χ0) is 18.1. The first kappa shape index (κ1) is 19.2. The number of nitrogens with one attached hydrogen (secondary N) is 3. The van der Waals surface area contributed by atoms with Gasteiger partial charge in [-0.25, -0.2) is 4.39 Å². The molecule has 138 valence electrons. The fraction of sp³-hybridized carbons (Fsp3) is 0.500. The second-order valence-electron chi connectivity index (χ2n) is 5.98. The van der Waals surface area contributed by atoms with Crippen molar-refractivity contribution in [2.75, 3.05) is 54.0 Å². The number of benzene rings is 1. The van der Waals surface area contributed by atoms with E-state index in [-0.39, 0.29) is 5.82 Å². The van der Waals surface area contributed by atoms with Gasteiger partial charge in [0.05, 0.1) is 6.61 Å². The lowest BCUT2D eigenvalue weighted by Crippen LogP contribution is -2.42. The van der Waals surface area contributed by atoms with Crippen molar-refractivity contribution in [3.8, 4) is 0 Å². The van der Waals surface area contributed by atoms with Crippen LogP contribution in [0.4, 0.5) is 4.39 Å². The van der Waals surface area contributed by atoms with E-state index in [1.165, 1.54) is 12.1 Å². The van der Waals surface area contributed by atoms with Gasteiger partial charge in [-0.3, -0.25) is 4.99 Å². The third kappa shape index (κ3) is 6.03. The Labute approximate surface area is 148 Å². The summed E-state index contributed by atoms with van der Waals surface area (Å²) >= 11 is 0. The number of fused-ring (bicyclic) bond motifs is 1. The van der Waals surface area contributed by atoms with Crippen molar-refractivity contribution >= 4 is 16.9 Å². The minimum absolute atomic E-state index is 0.223. The smallest absolute Gasteiger partial charge is 0.191 e. The molecule has 6 nitrogen and oxygen atoms in total. The number of guanidine groups is 1. The molecule has 1 aromatic carbocycles. The van der Waals surface area contributed by atoms with Crippen LogP contribution in [0.3, 0.4) is 0 Å². The SMILES string of the molecule is CN=C(NCCc1c[nH]c2cc(F)ccc12)NCCN(C)CCOC. The Morgan fingerprint density at radius 1 is 1.28 bits per heavy atom. The number of rotatable bonds is 9. The van der Waals surface area contributed by atoms with Crippen molar-refractivity contribution in [3.05, 3.63) is 35.8 Å². The van der Waals surface area contributed by atoms with E-state index in [1.54, 1.807) is 14.2 Å². The Morgan fingerprint density at radius 3 is 2.84 bits per heavy atom. The molecule has 0 amide bonds. The molecule has 0 aliphatic heterocycles. The molecule has 2 rings (SSSR count). The summed E-state index contributed by atoms with van der Waals surface area (Å²) in [6.45, 7) is 4.12. The van der Waals surface area contributed by atoms with Crippen molar-refractivity contribution < 1.29 is 9.13 Å². The second kappa shape index (κ2) is 10.0. The van der Waals surface area contributed by atoms with Gasteiger partial charge in [0.1, 0.15) is 5.82 Å². The third-order valence-corrected chi connectivity index (χ3v) is 4.10. The molecule has 7 heteroatoms. The van der Waals surface area contributed by atoms with E-state index in [2.05, 4.69) is 32.6 Å². The van der Waals surface area contributed by atoms with E-state index in [1.807, 2.05) is 12.3 Å². The maximum atomic E-state index is 13.2. The molecular weight excluding hydrogens is 321 g/mol. The quantitative estimate of drug-likeness (QED) is 0.475. The topological polar surface area (TPSA) is 64.7 Å². The van der Waals surface area contributed by atoms with Gasteiger partial charge in [0.15, 0.2) is 5.96 Å². The molecule has 0 unspecified atom stereocenters. The van der Waals surface area contributed by atoms with Crippen LogP contribution in [0, 0.1) is 5.82 Å². The molecule has 0 atom stereocenters. The fourth-order valence-electron chi connectivity index (χ4n) is 2.63. The molecule has 3 N–H and O–H groups in total. The molecule has 0 bridgehead atoms. The zero-order valence-corrected chi connectivity index (χ0v) is 15.2. The summed E-state index contributed by atoms with van der Waals surface area (Å²) in [5.74, 6) is 0.560.